The minimum Gasteiger partial charge on any atom is -0.497 e. The van der Waals surface area contributed by atoms with Gasteiger partial charge in [0.2, 0.25) is 0 Å². The van der Waals surface area contributed by atoms with Crippen LogP contribution >= 0.6 is 0 Å². The molecule has 2 atom stereocenters. The molecule has 1 saturated heterocycles. The van der Waals surface area contributed by atoms with Crippen LogP contribution in [0.4, 0.5) is 0 Å². The van der Waals surface area contributed by atoms with Gasteiger partial charge in [-0.05, 0) is 26.0 Å². The van der Waals surface area contributed by atoms with Gasteiger partial charge in [-0.3, -0.25) is 4.79 Å². The number of hydrogen-bond donors (Lipinski definition) is 0. The molecule has 1 fully saturated rings. The summed E-state index contributed by atoms with van der Waals surface area (Å²) in [6.45, 7) is 4.07. The number of benzene rings is 1. The fourth-order valence-electron chi connectivity index (χ4n) is 3.45. The summed E-state index contributed by atoms with van der Waals surface area (Å²) in [5, 5.41) is 0. The van der Waals surface area contributed by atoms with E-state index in [0.29, 0.717) is 23.5 Å². The average molecular weight is 276 g/mol. The van der Waals surface area contributed by atoms with Crippen molar-refractivity contribution < 1.29 is 19.0 Å². The van der Waals surface area contributed by atoms with Crippen LogP contribution in [0.15, 0.2) is 18.2 Å². The smallest absolute Gasteiger partial charge is 0.170 e. The fraction of sp³-hybridized carbons (Fsp3) is 0.562. The van der Waals surface area contributed by atoms with Crippen LogP contribution in [0.5, 0.6) is 11.5 Å². The van der Waals surface area contributed by atoms with Crippen LogP contribution in [0.3, 0.4) is 0 Å². The summed E-state index contributed by atoms with van der Waals surface area (Å²) in [7, 11) is 1.61. The first-order valence-electron chi connectivity index (χ1n) is 7.07. The monoisotopic (exact) mass is 276 g/mol. The molecule has 0 N–H and O–H groups in total. The predicted molar refractivity (Wildman–Crippen MR) is 74.5 cm³/mol. The van der Waals surface area contributed by atoms with Crippen molar-refractivity contribution in [1.29, 1.82) is 0 Å². The standard InChI is InChI=1S/C16H20O4/c1-10-7-16(8-11(2)19-10)9-14(17)13-5-4-12(18-3)6-15(13)20-16/h4-6,10-11H,7-9H2,1-3H3. The first kappa shape index (κ1) is 13.4. The number of carbonyl (C=O) groups excluding carboxylic acids is 1. The van der Waals surface area contributed by atoms with Crippen LogP contribution in [-0.2, 0) is 4.74 Å². The van der Waals surface area contributed by atoms with Crippen molar-refractivity contribution in [3.8, 4) is 11.5 Å². The summed E-state index contributed by atoms with van der Waals surface area (Å²) >= 11 is 0. The fourth-order valence-corrected chi connectivity index (χ4v) is 3.45. The first-order chi connectivity index (χ1) is 9.51. The van der Waals surface area contributed by atoms with Crippen molar-refractivity contribution in [2.75, 3.05) is 7.11 Å². The minimum atomic E-state index is -0.423. The Bertz CT molecular complexity index is 527. The number of Topliss-reactive ketones (excluding diaryl/α,β-unsaturated/α-hetero) is 1. The van der Waals surface area contributed by atoms with Gasteiger partial charge in [-0.15, -0.1) is 0 Å². The zero-order valence-electron chi connectivity index (χ0n) is 12.1. The maximum atomic E-state index is 12.4. The summed E-state index contributed by atoms with van der Waals surface area (Å²) in [5.74, 6) is 1.50. The number of ether oxygens (including phenoxy) is 3. The zero-order valence-corrected chi connectivity index (χ0v) is 12.1. The summed E-state index contributed by atoms with van der Waals surface area (Å²) in [5.41, 5.74) is 0.233. The molecular weight excluding hydrogens is 256 g/mol. The molecule has 0 amide bonds. The summed E-state index contributed by atoms with van der Waals surface area (Å²) in [6.07, 6.45) is 2.15. The maximum absolute atomic E-state index is 12.4. The Hall–Kier alpha value is -1.55. The molecule has 0 saturated carbocycles. The second kappa shape index (κ2) is 4.77. The molecule has 20 heavy (non-hydrogen) atoms. The molecule has 2 aliphatic rings. The highest BCUT2D eigenvalue weighted by molar-refractivity contribution is 6.00. The van der Waals surface area contributed by atoms with Crippen molar-refractivity contribution in [1.82, 2.24) is 0 Å². The first-order valence-corrected chi connectivity index (χ1v) is 7.07. The molecule has 108 valence electrons. The summed E-state index contributed by atoms with van der Waals surface area (Å²) < 4.78 is 17.2. The second-order valence-electron chi connectivity index (χ2n) is 5.91. The molecule has 4 heteroatoms. The van der Waals surface area contributed by atoms with Gasteiger partial charge in [-0.2, -0.15) is 0 Å². The van der Waals surface area contributed by atoms with E-state index < -0.39 is 5.60 Å². The quantitative estimate of drug-likeness (QED) is 0.791. The number of hydrogen-bond acceptors (Lipinski definition) is 4. The lowest BCUT2D eigenvalue weighted by Gasteiger charge is -2.45. The highest BCUT2D eigenvalue weighted by Crippen LogP contribution is 2.42. The van der Waals surface area contributed by atoms with Crippen molar-refractivity contribution in [3.63, 3.8) is 0 Å². The van der Waals surface area contributed by atoms with Gasteiger partial charge < -0.3 is 14.2 Å². The van der Waals surface area contributed by atoms with Crippen molar-refractivity contribution in [3.05, 3.63) is 23.8 Å². The van der Waals surface area contributed by atoms with Crippen molar-refractivity contribution in [2.24, 2.45) is 0 Å². The number of methoxy groups -OCH3 is 1. The van der Waals surface area contributed by atoms with Gasteiger partial charge in [0.25, 0.3) is 0 Å². The Labute approximate surface area is 119 Å². The molecule has 0 aliphatic carbocycles. The van der Waals surface area contributed by atoms with Crippen molar-refractivity contribution in [2.45, 2.75) is 50.9 Å². The van der Waals surface area contributed by atoms with Crippen LogP contribution in [0, 0.1) is 0 Å². The highest BCUT2D eigenvalue weighted by Gasteiger charge is 2.45. The third-order valence-corrected chi connectivity index (χ3v) is 4.08. The van der Waals surface area contributed by atoms with Gasteiger partial charge in [0.15, 0.2) is 5.78 Å². The van der Waals surface area contributed by atoms with Gasteiger partial charge in [0.05, 0.1) is 31.3 Å². The molecule has 0 radical (unpaired) electrons. The van der Waals surface area contributed by atoms with E-state index in [1.165, 1.54) is 0 Å². The van der Waals surface area contributed by atoms with E-state index in [-0.39, 0.29) is 18.0 Å². The number of carbonyl (C=O) groups is 1. The lowest BCUT2D eigenvalue weighted by Crippen LogP contribution is -2.50. The van der Waals surface area contributed by atoms with E-state index in [2.05, 4.69) is 0 Å². The van der Waals surface area contributed by atoms with Gasteiger partial charge in [0.1, 0.15) is 17.1 Å². The molecule has 1 spiro atoms. The van der Waals surface area contributed by atoms with Gasteiger partial charge >= 0.3 is 0 Å². The Morgan fingerprint density at radius 3 is 2.60 bits per heavy atom. The van der Waals surface area contributed by atoms with Crippen molar-refractivity contribution >= 4 is 5.78 Å². The van der Waals surface area contributed by atoms with E-state index in [4.69, 9.17) is 14.2 Å². The number of rotatable bonds is 1. The largest absolute Gasteiger partial charge is 0.497 e. The number of fused-ring (bicyclic) bond motifs is 1. The Kier molecular flexibility index (Phi) is 3.21. The van der Waals surface area contributed by atoms with Crippen LogP contribution in [0.1, 0.15) is 43.5 Å². The minimum absolute atomic E-state index is 0.110. The van der Waals surface area contributed by atoms with E-state index in [0.717, 1.165) is 12.8 Å². The molecule has 0 bridgehead atoms. The van der Waals surface area contributed by atoms with E-state index in [1.54, 1.807) is 25.3 Å². The summed E-state index contributed by atoms with van der Waals surface area (Å²) in [4.78, 5) is 12.4. The molecular formula is C16H20O4. The van der Waals surface area contributed by atoms with Gasteiger partial charge in [-0.1, -0.05) is 0 Å². The van der Waals surface area contributed by atoms with Gasteiger partial charge in [0, 0.05) is 18.9 Å². The molecule has 2 heterocycles. The molecule has 1 aromatic rings. The SMILES string of the molecule is COc1ccc2c(c1)OC1(CC2=O)CC(C)OC(C)C1. The Morgan fingerprint density at radius 2 is 1.95 bits per heavy atom. The van der Waals surface area contributed by atoms with E-state index in [9.17, 15) is 4.79 Å². The zero-order chi connectivity index (χ0) is 14.3. The third kappa shape index (κ3) is 2.29. The second-order valence-corrected chi connectivity index (χ2v) is 5.91. The van der Waals surface area contributed by atoms with E-state index >= 15 is 0 Å². The normalized spacial score (nSPS) is 32.6. The van der Waals surface area contributed by atoms with Crippen LogP contribution in [-0.4, -0.2) is 30.7 Å². The Morgan fingerprint density at radius 1 is 1.25 bits per heavy atom. The maximum Gasteiger partial charge on any atom is 0.170 e. The third-order valence-electron chi connectivity index (χ3n) is 4.08. The van der Waals surface area contributed by atoms with Crippen LogP contribution < -0.4 is 9.47 Å². The predicted octanol–water partition coefficient (Wildman–Crippen LogP) is 2.99. The lowest BCUT2D eigenvalue weighted by molar-refractivity contribution is -0.120. The summed E-state index contributed by atoms with van der Waals surface area (Å²) in [6, 6.07) is 5.39. The molecule has 2 unspecified atom stereocenters. The van der Waals surface area contributed by atoms with E-state index in [1.807, 2.05) is 13.8 Å². The lowest BCUT2D eigenvalue weighted by atomic mass is 9.80. The van der Waals surface area contributed by atoms with Gasteiger partial charge in [-0.25, -0.2) is 0 Å². The molecule has 1 aromatic carbocycles. The molecule has 4 nitrogen and oxygen atoms in total. The average Bonchev–Trinajstić information content (AvgIpc) is 2.36. The topological polar surface area (TPSA) is 44.8 Å². The highest BCUT2D eigenvalue weighted by atomic mass is 16.5. The van der Waals surface area contributed by atoms with Crippen LogP contribution in [0.25, 0.3) is 0 Å². The number of ketones is 1. The molecule has 2 aliphatic heterocycles. The Balaban J connectivity index is 1.96. The van der Waals surface area contributed by atoms with Crippen LogP contribution in [0.2, 0.25) is 0 Å². The molecule has 0 aromatic heterocycles. The molecule has 3 rings (SSSR count).